The van der Waals surface area contributed by atoms with E-state index in [1.54, 1.807) is 13.8 Å². The predicted molar refractivity (Wildman–Crippen MR) is 26.6 cm³/mol. The molecule has 8 heavy (non-hydrogen) atoms. The second-order valence-electron chi connectivity index (χ2n) is 1.66. The molecule has 0 spiro atoms. The third kappa shape index (κ3) is 0.767. The normalized spacial score (nSPS) is 20.9. The average Bonchev–Trinajstić information content (AvgIpc) is 1.85. The maximum atomic E-state index is 8.58. The maximum Gasteiger partial charge on any atom is 0.357 e. The SMILES string of the molecule is CC1=C(C)OC(O)O1. The van der Waals surface area contributed by atoms with Crippen LogP contribution in [0, 0.1) is 0 Å². The van der Waals surface area contributed by atoms with E-state index in [0.29, 0.717) is 11.5 Å². The van der Waals surface area contributed by atoms with E-state index in [1.807, 2.05) is 0 Å². The lowest BCUT2D eigenvalue weighted by Gasteiger charge is -2.00. The Kier molecular flexibility index (Phi) is 1.13. The Morgan fingerprint density at radius 1 is 1.25 bits per heavy atom. The first-order valence-corrected chi connectivity index (χ1v) is 2.39. The Morgan fingerprint density at radius 3 is 1.75 bits per heavy atom. The van der Waals surface area contributed by atoms with Gasteiger partial charge in [0.15, 0.2) is 0 Å². The fourth-order valence-corrected chi connectivity index (χ4v) is 0.492. The highest BCUT2D eigenvalue weighted by Gasteiger charge is 2.17. The van der Waals surface area contributed by atoms with Gasteiger partial charge in [0.2, 0.25) is 0 Å². The van der Waals surface area contributed by atoms with Crippen molar-refractivity contribution in [3.05, 3.63) is 11.5 Å². The Hall–Kier alpha value is -0.700. The molecule has 0 amide bonds. The Balaban J connectivity index is 2.60. The summed E-state index contributed by atoms with van der Waals surface area (Å²) in [5, 5.41) is 8.58. The number of hydrogen-bond donors (Lipinski definition) is 1. The van der Waals surface area contributed by atoms with Crippen molar-refractivity contribution in [3.8, 4) is 0 Å². The van der Waals surface area contributed by atoms with E-state index in [9.17, 15) is 0 Å². The summed E-state index contributed by atoms with van der Waals surface area (Å²) in [7, 11) is 0. The molecule has 0 fully saturated rings. The van der Waals surface area contributed by atoms with Crippen molar-refractivity contribution >= 4 is 0 Å². The summed E-state index contributed by atoms with van der Waals surface area (Å²) in [4.78, 5) is 0. The minimum absolute atomic E-state index is 0.650. The molecule has 0 atom stereocenters. The van der Waals surface area contributed by atoms with Crippen LogP contribution in [-0.4, -0.2) is 11.6 Å². The highest BCUT2D eigenvalue weighted by Crippen LogP contribution is 2.18. The highest BCUT2D eigenvalue weighted by molar-refractivity contribution is 4.97. The number of aliphatic hydroxyl groups is 1. The van der Waals surface area contributed by atoms with E-state index in [-0.39, 0.29) is 0 Å². The van der Waals surface area contributed by atoms with Crippen LogP contribution in [0.4, 0.5) is 0 Å². The highest BCUT2D eigenvalue weighted by atomic mass is 16.8. The summed E-state index contributed by atoms with van der Waals surface area (Å²) in [5.41, 5.74) is 0. The van der Waals surface area contributed by atoms with Gasteiger partial charge in [0.05, 0.1) is 0 Å². The van der Waals surface area contributed by atoms with Gasteiger partial charge in [-0.05, 0) is 13.8 Å². The largest absolute Gasteiger partial charge is 0.434 e. The molecule has 0 saturated heterocycles. The number of hydrogen-bond acceptors (Lipinski definition) is 3. The molecule has 1 aliphatic rings. The fourth-order valence-electron chi connectivity index (χ4n) is 0.492. The molecule has 0 aromatic heterocycles. The van der Waals surface area contributed by atoms with Gasteiger partial charge in [0, 0.05) is 0 Å². The molecule has 1 N–H and O–H groups in total. The molecular formula is C5H8O3. The van der Waals surface area contributed by atoms with Crippen molar-refractivity contribution in [1.82, 2.24) is 0 Å². The quantitative estimate of drug-likeness (QED) is 0.502. The van der Waals surface area contributed by atoms with Crippen molar-refractivity contribution < 1.29 is 14.6 Å². The van der Waals surface area contributed by atoms with E-state index >= 15 is 0 Å². The van der Waals surface area contributed by atoms with Crippen LogP contribution in [0.5, 0.6) is 0 Å². The van der Waals surface area contributed by atoms with E-state index in [1.165, 1.54) is 0 Å². The second-order valence-corrected chi connectivity index (χ2v) is 1.66. The molecule has 3 nitrogen and oxygen atoms in total. The van der Waals surface area contributed by atoms with Crippen molar-refractivity contribution in [2.45, 2.75) is 20.3 Å². The zero-order chi connectivity index (χ0) is 6.15. The Morgan fingerprint density at radius 2 is 1.62 bits per heavy atom. The van der Waals surface area contributed by atoms with Gasteiger partial charge in [0.1, 0.15) is 11.5 Å². The molecule has 0 aliphatic carbocycles. The molecular weight excluding hydrogens is 108 g/mol. The zero-order valence-electron chi connectivity index (χ0n) is 4.84. The topological polar surface area (TPSA) is 38.7 Å². The summed E-state index contributed by atoms with van der Waals surface area (Å²) < 4.78 is 9.37. The molecule has 0 bridgehead atoms. The van der Waals surface area contributed by atoms with Crippen LogP contribution < -0.4 is 0 Å². The third-order valence-electron chi connectivity index (χ3n) is 1.05. The van der Waals surface area contributed by atoms with Gasteiger partial charge in [-0.2, -0.15) is 0 Å². The first-order chi connectivity index (χ1) is 3.70. The van der Waals surface area contributed by atoms with Crippen LogP contribution in [0.3, 0.4) is 0 Å². The van der Waals surface area contributed by atoms with E-state index in [2.05, 4.69) is 9.47 Å². The van der Waals surface area contributed by atoms with Gasteiger partial charge in [-0.3, -0.25) is 0 Å². The molecule has 0 saturated carbocycles. The molecule has 3 heteroatoms. The first kappa shape index (κ1) is 5.44. The van der Waals surface area contributed by atoms with Crippen molar-refractivity contribution in [2.24, 2.45) is 0 Å². The van der Waals surface area contributed by atoms with Gasteiger partial charge in [-0.25, -0.2) is 0 Å². The van der Waals surface area contributed by atoms with Gasteiger partial charge < -0.3 is 14.6 Å². The minimum atomic E-state index is -1.07. The average molecular weight is 116 g/mol. The zero-order valence-corrected chi connectivity index (χ0v) is 4.84. The molecule has 1 rings (SSSR count). The monoisotopic (exact) mass is 116 g/mol. The van der Waals surface area contributed by atoms with Crippen LogP contribution in [0.2, 0.25) is 0 Å². The number of aliphatic hydroxyl groups excluding tert-OH is 1. The summed E-state index contributed by atoms with van der Waals surface area (Å²) >= 11 is 0. The van der Waals surface area contributed by atoms with Crippen LogP contribution in [0.1, 0.15) is 13.8 Å². The lowest BCUT2D eigenvalue weighted by atomic mass is 10.5. The van der Waals surface area contributed by atoms with Crippen LogP contribution >= 0.6 is 0 Å². The summed E-state index contributed by atoms with van der Waals surface area (Å²) in [5.74, 6) is 1.30. The third-order valence-corrected chi connectivity index (χ3v) is 1.05. The summed E-state index contributed by atoms with van der Waals surface area (Å²) in [6.07, 6.45) is 0. The first-order valence-electron chi connectivity index (χ1n) is 2.39. The van der Waals surface area contributed by atoms with Crippen LogP contribution in [0.15, 0.2) is 11.5 Å². The fraction of sp³-hybridized carbons (Fsp3) is 0.600. The maximum absolute atomic E-state index is 8.58. The molecule has 0 radical (unpaired) electrons. The lowest BCUT2D eigenvalue weighted by molar-refractivity contribution is -0.192. The number of rotatable bonds is 0. The Labute approximate surface area is 47.5 Å². The molecule has 0 unspecified atom stereocenters. The number of ether oxygens (including phenoxy) is 2. The molecule has 1 aliphatic heterocycles. The van der Waals surface area contributed by atoms with E-state index in [4.69, 9.17) is 5.11 Å². The van der Waals surface area contributed by atoms with Crippen LogP contribution in [-0.2, 0) is 9.47 Å². The van der Waals surface area contributed by atoms with Gasteiger partial charge in [-0.15, -0.1) is 0 Å². The Bertz CT molecular complexity index is 114. The number of allylic oxidation sites excluding steroid dienone is 2. The predicted octanol–water partition coefficient (Wildman–Crippen LogP) is 0.560. The van der Waals surface area contributed by atoms with E-state index in [0.717, 1.165) is 0 Å². The standard InChI is InChI=1S/C5H8O3/c1-3-4(2)8-5(6)7-3/h5-6H,1-2H3. The smallest absolute Gasteiger partial charge is 0.357 e. The van der Waals surface area contributed by atoms with Gasteiger partial charge >= 0.3 is 6.48 Å². The second kappa shape index (κ2) is 1.67. The molecule has 0 aromatic rings. The summed E-state index contributed by atoms with van der Waals surface area (Å²) in [6, 6.07) is 0. The minimum Gasteiger partial charge on any atom is -0.434 e. The van der Waals surface area contributed by atoms with Gasteiger partial charge in [0.25, 0.3) is 0 Å². The van der Waals surface area contributed by atoms with Gasteiger partial charge in [-0.1, -0.05) is 0 Å². The van der Waals surface area contributed by atoms with Crippen molar-refractivity contribution in [2.75, 3.05) is 0 Å². The lowest BCUT2D eigenvalue weighted by Crippen LogP contribution is -2.05. The molecule has 1 heterocycles. The van der Waals surface area contributed by atoms with Crippen molar-refractivity contribution in [3.63, 3.8) is 0 Å². The van der Waals surface area contributed by atoms with Crippen molar-refractivity contribution in [1.29, 1.82) is 0 Å². The summed E-state index contributed by atoms with van der Waals surface area (Å²) in [6.45, 7) is 2.41. The van der Waals surface area contributed by atoms with E-state index < -0.39 is 6.48 Å². The van der Waals surface area contributed by atoms with Crippen LogP contribution in [0.25, 0.3) is 0 Å². The molecule has 0 aromatic carbocycles. The molecule has 46 valence electrons.